The summed E-state index contributed by atoms with van der Waals surface area (Å²) in [4.78, 5) is 16.6. The molecular formula is C26H34N4O2S. The molecule has 6 nitrogen and oxygen atoms in total. The Hall–Kier alpha value is -2.51. The molecule has 0 unspecified atom stereocenters. The summed E-state index contributed by atoms with van der Waals surface area (Å²) in [5, 5.41) is 10.3. The number of nitrogens with zero attached hydrogens (tertiary/aromatic N) is 4. The maximum absolute atomic E-state index is 12.5. The number of thiophene rings is 1. The van der Waals surface area contributed by atoms with E-state index in [9.17, 15) is 4.79 Å². The molecule has 7 heteroatoms. The molecule has 1 aliphatic carbocycles. The summed E-state index contributed by atoms with van der Waals surface area (Å²) in [5.41, 5.74) is 3.45. The van der Waals surface area contributed by atoms with E-state index in [1.807, 2.05) is 36.6 Å². The molecule has 0 N–H and O–H groups in total. The first-order valence-corrected chi connectivity index (χ1v) is 13.0. The molecule has 0 fully saturated rings. The zero-order chi connectivity index (χ0) is 23.0. The molecule has 33 heavy (non-hydrogen) atoms. The van der Waals surface area contributed by atoms with E-state index in [2.05, 4.69) is 45.7 Å². The van der Waals surface area contributed by atoms with Gasteiger partial charge in [-0.25, -0.2) is 0 Å². The number of esters is 1. The van der Waals surface area contributed by atoms with Crippen LogP contribution in [-0.4, -0.2) is 45.0 Å². The average Bonchev–Trinajstić information content (AvgIpc) is 3.52. The smallest absolute Gasteiger partial charge is 0.313 e. The lowest BCUT2D eigenvalue weighted by atomic mass is 9.86. The number of aryl methyl sites for hydroxylation is 2. The molecule has 0 saturated carbocycles. The minimum Gasteiger partial charge on any atom is -0.426 e. The van der Waals surface area contributed by atoms with Crippen LogP contribution in [0, 0.1) is 0 Å². The van der Waals surface area contributed by atoms with E-state index in [0.717, 1.165) is 63.1 Å². The van der Waals surface area contributed by atoms with Gasteiger partial charge in [0.1, 0.15) is 5.75 Å². The Morgan fingerprint density at radius 3 is 2.91 bits per heavy atom. The van der Waals surface area contributed by atoms with Crippen LogP contribution < -0.4 is 4.74 Å². The van der Waals surface area contributed by atoms with Gasteiger partial charge in [0.25, 0.3) is 0 Å². The number of aromatic nitrogens is 3. The molecule has 1 aromatic carbocycles. The number of carbonyl (C=O) groups excluding carboxylic acids is 1. The molecule has 176 valence electrons. The number of fused-ring (bicyclic) bond motifs is 1. The topological polar surface area (TPSA) is 60.2 Å². The van der Waals surface area contributed by atoms with Gasteiger partial charge in [0.15, 0.2) is 0 Å². The van der Waals surface area contributed by atoms with Gasteiger partial charge in [-0.15, -0.1) is 16.4 Å². The maximum Gasteiger partial charge on any atom is 0.313 e. The molecule has 0 amide bonds. The van der Waals surface area contributed by atoms with Crippen LogP contribution in [0.3, 0.4) is 0 Å². The van der Waals surface area contributed by atoms with Crippen LogP contribution in [0.15, 0.2) is 41.9 Å². The van der Waals surface area contributed by atoms with Crippen LogP contribution in [-0.2, 0) is 37.0 Å². The van der Waals surface area contributed by atoms with Gasteiger partial charge < -0.3 is 4.74 Å². The van der Waals surface area contributed by atoms with E-state index in [1.54, 1.807) is 4.68 Å². The van der Waals surface area contributed by atoms with Crippen molar-refractivity contribution >= 4 is 17.3 Å². The quantitative estimate of drug-likeness (QED) is 0.303. The van der Waals surface area contributed by atoms with E-state index in [1.165, 1.54) is 16.0 Å². The van der Waals surface area contributed by atoms with Crippen molar-refractivity contribution in [3.8, 4) is 5.75 Å². The van der Waals surface area contributed by atoms with Gasteiger partial charge in [0, 0.05) is 23.7 Å². The highest BCUT2D eigenvalue weighted by molar-refractivity contribution is 7.09. The maximum atomic E-state index is 12.5. The largest absolute Gasteiger partial charge is 0.426 e. The molecule has 1 aliphatic rings. The second kappa shape index (κ2) is 11.6. The number of rotatable bonds is 11. The number of hydrogen-bond acceptors (Lipinski definition) is 6. The van der Waals surface area contributed by atoms with E-state index in [0.29, 0.717) is 12.6 Å². The fourth-order valence-corrected chi connectivity index (χ4v) is 5.32. The Kier molecular flexibility index (Phi) is 8.29. The van der Waals surface area contributed by atoms with Crippen LogP contribution in [0.1, 0.15) is 54.8 Å². The van der Waals surface area contributed by atoms with Crippen LogP contribution in [0.25, 0.3) is 0 Å². The highest BCUT2D eigenvalue weighted by Crippen LogP contribution is 2.32. The fourth-order valence-electron chi connectivity index (χ4n) is 4.62. The third kappa shape index (κ3) is 6.30. The van der Waals surface area contributed by atoms with Crippen molar-refractivity contribution in [1.82, 2.24) is 19.9 Å². The molecule has 2 heterocycles. The molecule has 2 aromatic heterocycles. The number of carbonyl (C=O) groups is 1. The predicted molar refractivity (Wildman–Crippen MR) is 132 cm³/mol. The number of ether oxygens (including phenoxy) is 1. The van der Waals surface area contributed by atoms with Crippen molar-refractivity contribution in [3.05, 3.63) is 63.6 Å². The number of hydrogen-bond donors (Lipinski definition) is 0. The Morgan fingerprint density at radius 2 is 2.15 bits per heavy atom. The van der Waals surface area contributed by atoms with Gasteiger partial charge in [-0.2, -0.15) is 0 Å². The molecule has 0 spiro atoms. The van der Waals surface area contributed by atoms with E-state index >= 15 is 0 Å². The normalized spacial score (nSPS) is 15.5. The summed E-state index contributed by atoms with van der Waals surface area (Å²) < 4.78 is 7.51. The first kappa shape index (κ1) is 23.6. The van der Waals surface area contributed by atoms with Gasteiger partial charge in [0.2, 0.25) is 0 Å². The molecule has 0 saturated heterocycles. The van der Waals surface area contributed by atoms with Gasteiger partial charge in [-0.1, -0.05) is 37.3 Å². The molecule has 0 radical (unpaired) electrons. The van der Waals surface area contributed by atoms with Gasteiger partial charge in [-0.05, 0) is 73.7 Å². The number of benzene rings is 1. The van der Waals surface area contributed by atoms with E-state index < -0.39 is 0 Å². The first-order chi connectivity index (χ1) is 16.2. The monoisotopic (exact) mass is 466 g/mol. The van der Waals surface area contributed by atoms with Crippen molar-refractivity contribution in [2.24, 2.45) is 0 Å². The van der Waals surface area contributed by atoms with Crippen molar-refractivity contribution in [2.45, 2.75) is 71.4 Å². The van der Waals surface area contributed by atoms with Crippen LogP contribution in [0.5, 0.6) is 5.75 Å². The third-order valence-corrected chi connectivity index (χ3v) is 7.32. The Bertz CT molecular complexity index is 1030. The standard InChI is InChI=1S/C26H34N4O2S/c1-3-14-29(15-12-23-8-6-17-33-23)22-10-11-24-20(18-22)7-5-9-25(24)32-26(31)13-16-30-19-21(4-2)27-28-30/h5-9,17,19,22H,3-4,10-16,18H2,1-2H3/t22-/m0/s1. The lowest BCUT2D eigenvalue weighted by Crippen LogP contribution is -2.41. The Balaban J connectivity index is 1.35. The van der Waals surface area contributed by atoms with Crippen molar-refractivity contribution in [2.75, 3.05) is 13.1 Å². The second-order valence-corrected chi connectivity index (χ2v) is 9.74. The molecular weight excluding hydrogens is 432 g/mol. The average molecular weight is 467 g/mol. The molecule has 0 aliphatic heterocycles. The molecule has 4 rings (SSSR count). The summed E-state index contributed by atoms with van der Waals surface area (Å²) in [7, 11) is 0. The van der Waals surface area contributed by atoms with Crippen molar-refractivity contribution in [1.29, 1.82) is 0 Å². The second-order valence-electron chi connectivity index (χ2n) is 8.71. The minimum absolute atomic E-state index is 0.220. The Morgan fingerprint density at radius 1 is 1.24 bits per heavy atom. The fraction of sp³-hybridized carbons (Fsp3) is 0.500. The van der Waals surface area contributed by atoms with Gasteiger partial charge in [-0.3, -0.25) is 14.4 Å². The van der Waals surface area contributed by atoms with Crippen molar-refractivity contribution < 1.29 is 9.53 Å². The zero-order valence-corrected chi connectivity index (χ0v) is 20.5. The highest BCUT2D eigenvalue weighted by Gasteiger charge is 2.26. The lowest BCUT2D eigenvalue weighted by Gasteiger charge is -2.35. The van der Waals surface area contributed by atoms with Gasteiger partial charge in [0.05, 0.1) is 18.7 Å². The Labute approximate surface area is 200 Å². The van der Waals surface area contributed by atoms with Crippen LogP contribution >= 0.6 is 11.3 Å². The van der Waals surface area contributed by atoms with E-state index in [4.69, 9.17) is 4.74 Å². The summed E-state index contributed by atoms with van der Waals surface area (Å²) in [6, 6.07) is 11.1. The SMILES string of the molecule is CCCN(CCc1cccs1)[C@H]1CCc2c(cccc2OC(=O)CCn2cc(CC)nn2)C1. The molecule has 0 bridgehead atoms. The van der Waals surface area contributed by atoms with Crippen LogP contribution in [0.2, 0.25) is 0 Å². The lowest BCUT2D eigenvalue weighted by molar-refractivity contribution is -0.134. The van der Waals surface area contributed by atoms with Crippen molar-refractivity contribution in [3.63, 3.8) is 0 Å². The first-order valence-electron chi connectivity index (χ1n) is 12.1. The summed E-state index contributed by atoms with van der Waals surface area (Å²) in [6.07, 6.45) is 8.36. The summed E-state index contributed by atoms with van der Waals surface area (Å²) in [6.45, 7) is 7.01. The zero-order valence-electron chi connectivity index (χ0n) is 19.7. The van der Waals surface area contributed by atoms with E-state index in [-0.39, 0.29) is 12.4 Å². The van der Waals surface area contributed by atoms with Gasteiger partial charge >= 0.3 is 5.97 Å². The van der Waals surface area contributed by atoms with Crippen LogP contribution in [0.4, 0.5) is 0 Å². The summed E-state index contributed by atoms with van der Waals surface area (Å²) >= 11 is 1.85. The third-order valence-electron chi connectivity index (χ3n) is 6.38. The predicted octanol–water partition coefficient (Wildman–Crippen LogP) is 4.71. The molecule has 1 atom stereocenters. The highest BCUT2D eigenvalue weighted by atomic mass is 32.1. The summed E-state index contributed by atoms with van der Waals surface area (Å²) in [5.74, 6) is 0.507. The minimum atomic E-state index is -0.220. The molecule has 3 aromatic rings.